The largest absolute Gasteiger partial charge is 0.397 e. The molecule has 1 heterocycles. The highest BCUT2D eigenvalue weighted by Gasteiger charge is 2.24. The van der Waals surface area contributed by atoms with E-state index >= 15 is 0 Å². The molecular formula is C20H17N3O5. The molecule has 142 valence electrons. The predicted octanol–water partition coefficient (Wildman–Crippen LogP) is 0.821. The first-order chi connectivity index (χ1) is 13.5. The number of methoxy groups -OCH3 is 1. The number of nitrogens with two attached hydrogens (primary N) is 1. The highest BCUT2D eigenvalue weighted by Crippen LogP contribution is 2.33. The van der Waals surface area contributed by atoms with Gasteiger partial charge in [0, 0.05) is 31.0 Å². The van der Waals surface area contributed by atoms with Crippen LogP contribution < -0.4 is 33.0 Å². The van der Waals surface area contributed by atoms with Crippen molar-refractivity contribution in [2.24, 2.45) is 0 Å². The van der Waals surface area contributed by atoms with Gasteiger partial charge in [0.2, 0.25) is 0 Å². The lowest BCUT2D eigenvalue weighted by atomic mass is 9.96. The van der Waals surface area contributed by atoms with E-state index in [9.17, 15) is 19.2 Å². The lowest BCUT2D eigenvalue weighted by molar-refractivity contribution is 0.198. The van der Waals surface area contributed by atoms with Gasteiger partial charge in [0.1, 0.15) is 0 Å². The van der Waals surface area contributed by atoms with Gasteiger partial charge in [-0.1, -0.05) is 24.3 Å². The Morgan fingerprint density at radius 1 is 0.929 bits per heavy atom. The van der Waals surface area contributed by atoms with Gasteiger partial charge >= 0.3 is 0 Å². The number of fused-ring (bicyclic) bond motifs is 3. The summed E-state index contributed by atoms with van der Waals surface area (Å²) in [7, 11) is 1.56. The fraction of sp³-hybridized carbons (Fsp3) is 0.200. The van der Waals surface area contributed by atoms with E-state index < -0.39 is 22.0 Å². The molecule has 4 aromatic rings. The molecule has 0 radical (unpaired) electrons. The molecule has 4 rings (SSSR count). The van der Waals surface area contributed by atoms with Gasteiger partial charge < -0.3 is 15.8 Å². The maximum absolute atomic E-state index is 13.2. The Bertz CT molecular complexity index is 1450. The second kappa shape index (κ2) is 6.58. The minimum absolute atomic E-state index is 0.000743. The fourth-order valence-corrected chi connectivity index (χ4v) is 3.68. The van der Waals surface area contributed by atoms with Crippen molar-refractivity contribution in [3.05, 3.63) is 65.4 Å². The molecule has 8 heteroatoms. The minimum Gasteiger partial charge on any atom is -0.397 e. The molecule has 0 saturated heterocycles. The summed E-state index contributed by atoms with van der Waals surface area (Å²) >= 11 is 0. The molecular weight excluding hydrogens is 362 g/mol. The number of H-pyrrole nitrogens is 1. The van der Waals surface area contributed by atoms with Gasteiger partial charge in [-0.05, 0) is 6.42 Å². The molecule has 1 aromatic heterocycles. The Morgan fingerprint density at radius 2 is 1.54 bits per heavy atom. The van der Waals surface area contributed by atoms with Gasteiger partial charge in [-0.2, -0.15) is 0 Å². The topological polar surface area (TPSA) is 131 Å². The van der Waals surface area contributed by atoms with Crippen LogP contribution in [0.4, 0.5) is 11.4 Å². The van der Waals surface area contributed by atoms with Crippen molar-refractivity contribution in [3.8, 4) is 0 Å². The van der Waals surface area contributed by atoms with Crippen molar-refractivity contribution in [3.63, 3.8) is 0 Å². The summed E-state index contributed by atoms with van der Waals surface area (Å²) in [5, 5.41) is 3.43. The molecule has 0 saturated carbocycles. The molecule has 0 aliphatic rings. The third-order valence-corrected chi connectivity index (χ3v) is 4.92. The molecule has 0 aliphatic carbocycles. The van der Waals surface area contributed by atoms with E-state index in [1.54, 1.807) is 31.4 Å². The normalized spacial score (nSPS) is 11.6. The monoisotopic (exact) mass is 379 g/mol. The average molecular weight is 379 g/mol. The number of ether oxygens (including phenoxy) is 1. The van der Waals surface area contributed by atoms with Crippen molar-refractivity contribution in [1.82, 2.24) is 4.98 Å². The number of nitrogens with one attached hydrogen (secondary N) is 2. The number of anilines is 2. The van der Waals surface area contributed by atoms with Crippen molar-refractivity contribution in [1.29, 1.82) is 0 Å². The highest BCUT2D eigenvalue weighted by molar-refractivity contribution is 6.21. The second-order valence-corrected chi connectivity index (χ2v) is 6.55. The van der Waals surface area contributed by atoms with E-state index in [1.807, 2.05) is 0 Å². The zero-order chi connectivity index (χ0) is 20.0. The number of hydrogen-bond donors (Lipinski definition) is 3. The van der Waals surface area contributed by atoms with E-state index in [4.69, 9.17) is 10.5 Å². The smallest absolute Gasteiger partial charge is 0.261 e. The van der Waals surface area contributed by atoms with Crippen LogP contribution in [0.25, 0.3) is 32.3 Å². The third-order valence-electron chi connectivity index (χ3n) is 4.92. The lowest BCUT2D eigenvalue weighted by Crippen LogP contribution is -2.18. The summed E-state index contributed by atoms with van der Waals surface area (Å²) in [5.74, 6) is 0. The van der Waals surface area contributed by atoms with E-state index in [2.05, 4.69) is 10.3 Å². The molecule has 0 unspecified atom stereocenters. The van der Waals surface area contributed by atoms with Crippen LogP contribution in [-0.4, -0.2) is 25.2 Å². The summed E-state index contributed by atoms with van der Waals surface area (Å²) in [6.07, 6.45) is 0.596. The van der Waals surface area contributed by atoms with Crippen molar-refractivity contribution in [2.75, 3.05) is 31.3 Å². The first-order valence-electron chi connectivity index (χ1n) is 8.73. The quantitative estimate of drug-likeness (QED) is 0.202. The van der Waals surface area contributed by atoms with Gasteiger partial charge in [-0.15, -0.1) is 0 Å². The Balaban J connectivity index is 2.23. The molecule has 0 fully saturated rings. The minimum atomic E-state index is -0.681. The van der Waals surface area contributed by atoms with Gasteiger partial charge in [0.05, 0.1) is 32.9 Å². The number of rotatable bonds is 5. The van der Waals surface area contributed by atoms with E-state index in [0.717, 1.165) is 0 Å². The van der Waals surface area contributed by atoms with E-state index in [0.29, 0.717) is 19.6 Å². The Hall–Kier alpha value is -3.52. The number of nitrogen functional groups attached to an aromatic ring is 1. The molecule has 4 N–H and O–H groups in total. The van der Waals surface area contributed by atoms with Crippen LogP contribution in [0, 0.1) is 0 Å². The van der Waals surface area contributed by atoms with Gasteiger partial charge in [0.15, 0.2) is 10.9 Å². The van der Waals surface area contributed by atoms with Crippen LogP contribution in [0.1, 0.15) is 6.42 Å². The second-order valence-electron chi connectivity index (χ2n) is 6.55. The fourth-order valence-electron chi connectivity index (χ4n) is 3.68. The SMILES string of the molecule is COCCCNc1c2c(=O)[nH]c(=O)c2c(N)c2c(=O)c3ccccc3c(=O)c12. The van der Waals surface area contributed by atoms with E-state index in [1.165, 1.54) is 0 Å². The van der Waals surface area contributed by atoms with Crippen LogP contribution in [0.2, 0.25) is 0 Å². The van der Waals surface area contributed by atoms with E-state index in [-0.39, 0.29) is 43.7 Å². The molecule has 3 aromatic carbocycles. The summed E-state index contributed by atoms with van der Waals surface area (Å²) in [4.78, 5) is 53.2. The molecule has 0 bridgehead atoms. The first kappa shape index (κ1) is 17.9. The molecule has 0 spiro atoms. The maximum atomic E-state index is 13.2. The van der Waals surface area contributed by atoms with Crippen molar-refractivity contribution in [2.45, 2.75) is 6.42 Å². The maximum Gasteiger partial charge on any atom is 0.261 e. The lowest BCUT2D eigenvalue weighted by Gasteiger charge is -2.13. The summed E-state index contributed by atoms with van der Waals surface area (Å²) in [6.45, 7) is 0.842. The van der Waals surface area contributed by atoms with Crippen LogP contribution in [0.5, 0.6) is 0 Å². The Morgan fingerprint density at radius 3 is 2.18 bits per heavy atom. The molecule has 0 aliphatic heterocycles. The van der Waals surface area contributed by atoms with Crippen molar-refractivity contribution >= 4 is 43.7 Å². The highest BCUT2D eigenvalue weighted by atomic mass is 16.5. The zero-order valence-electron chi connectivity index (χ0n) is 15.0. The van der Waals surface area contributed by atoms with Crippen molar-refractivity contribution < 1.29 is 4.74 Å². The average Bonchev–Trinajstić information content (AvgIpc) is 2.99. The van der Waals surface area contributed by atoms with Crippen LogP contribution in [-0.2, 0) is 4.74 Å². The summed E-state index contributed by atoms with van der Waals surface area (Å²) in [5.41, 5.74) is 3.95. The Kier molecular flexibility index (Phi) is 4.20. The Labute approximate surface area is 157 Å². The summed E-state index contributed by atoms with van der Waals surface area (Å²) < 4.78 is 5.01. The predicted molar refractivity (Wildman–Crippen MR) is 110 cm³/mol. The summed E-state index contributed by atoms with van der Waals surface area (Å²) in [6, 6.07) is 6.41. The first-order valence-corrected chi connectivity index (χ1v) is 8.73. The number of benzene rings is 3. The van der Waals surface area contributed by atoms with Crippen LogP contribution in [0.3, 0.4) is 0 Å². The standard InChI is InChI=1S/C20H17N3O5/c1-28-8-4-7-22-16-13-11(15(21)12-14(16)20(27)23-19(12)26)17(24)9-5-2-3-6-10(9)18(13)25/h2-3,5-6,22H,4,7-8,21H2,1H3,(H,23,26,27). The zero-order valence-corrected chi connectivity index (χ0v) is 15.0. The van der Waals surface area contributed by atoms with Gasteiger partial charge in [-0.25, -0.2) is 0 Å². The van der Waals surface area contributed by atoms with Crippen LogP contribution in [0.15, 0.2) is 43.4 Å². The molecule has 8 nitrogen and oxygen atoms in total. The molecule has 0 atom stereocenters. The van der Waals surface area contributed by atoms with Gasteiger partial charge in [0.25, 0.3) is 11.1 Å². The molecule has 0 amide bonds. The van der Waals surface area contributed by atoms with Crippen LogP contribution >= 0.6 is 0 Å². The molecule has 28 heavy (non-hydrogen) atoms. The van der Waals surface area contributed by atoms with Gasteiger partial charge in [-0.3, -0.25) is 24.2 Å². The number of hydrogen-bond acceptors (Lipinski definition) is 7. The third kappa shape index (κ3) is 2.42. The number of aromatic nitrogens is 1. The number of aromatic amines is 1.